The molecular formula is C15H24N6O. The van der Waals surface area contributed by atoms with E-state index < -0.39 is 6.10 Å². The van der Waals surface area contributed by atoms with Crippen LogP contribution in [0.25, 0.3) is 0 Å². The molecule has 1 aliphatic rings. The van der Waals surface area contributed by atoms with E-state index in [0.29, 0.717) is 0 Å². The van der Waals surface area contributed by atoms with Crippen molar-refractivity contribution < 1.29 is 5.11 Å². The maximum absolute atomic E-state index is 10.5. The Bertz CT molecular complexity index is 599. The fourth-order valence-corrected chi connectivity index (χ4v) is 3.08. The van der Waals surface area contributed by atoms with Gasteiger partial charge < -0.3 is 9.67 Å². The smallest absolute Gasteiger partial charge is 0.150 e. The number of H-pyrrole nitrogens is 1. The number of imidazole rings is 1. The lowest BCUT2D eigenvalue weighted by atomic mass is 9.90. The quantitative estimate of drug-likeness (QED) is 0.862. The van der Waals surface area contributed by atoms with Crippen molar-refractivity contribution in [2.75, 3.05) is 13.1 Å². The molecule has 2 N–H and O–H groups in total. The Morgan fingerprint density at radius 3 is 2.77 bits per heavy atom. The van der Waals surface area contributed by atoms with E-state index in [4.69, 9.17) is 0 Å². The van der Waals surface area contributed by atoms with Gasteiger partial charge in [-0.05, 0) is 31.8 Å². The summed E-state index contributed by atoms with van der Waals surface area (Å²) in [6.07, 6.45) is 5.95. The van der Waals surface area contributed by atoms with Crippen molar-refractivity contribution in [1.29, 1.82) is 0 Å². The molecule has 3 rings (SSSR count). The average Bonchev–Trinajstić information content (AvgIpc) is 3.16. The van der Waals surface area contributed by atoms with Crippen LogP contribution in [0.3, 0.4) is 0 Å². The predicted octanol–water partition coefficient (Wildman–Crippen LogP) is 1.05. The summed E-state index contributed by atoms with van der Waals surface area (Å²) in [6, 6.07) is 0. The van der Waals surface area contributed by atoms with Crippen LogP contribution in [0, 0.1) is 5.92 Å². The number of nitrogens with zero attached hydrogens (tertiary/aromatic N) is 5. The van der Waals surface area contributed by atoms with E-state index in [-0.39, 0.29) is 5.92 Å². The Hall–Kier alpha value is -1.73. The summed E-state index contributed by atoms with van der Waals surface area (Å²) in [6.45, 7) is 4.79. The summed E-state index contributed by atoms with van der Waals surface area (Å²) in [7, 11) is 1.93. The zero-order valence-corrected chi connectivity index (χ0v) is 13.2. The highest BCUT2D eigenvalue weighted by atomic mass is 16.3. The van der Waals surface area contributed by atoms with Gasteiger partial charge in [-0.1, -0.05) is 6.92 Å². The number of aromatic amines is 1. The molecule has 0 aromatic carbocycles. The van der Waals surface area contributed by atoms with E-state index in [1.54, 1.807) is 6.20 Å². The van der Waals surface area contributed by atoms with Gasteiger partial charge in [0.1, 0.15) is 23.6 Å². The minimum absolute atomic E-state index is 0.276. The normalized spacial score (nSPS) is 18.7. The van der Waals surface area contributed by atoms with Crippen LogP contribution < -0.4 is 0 Å². The van der Waals surface area contributed by atoms with Gasteiger partial charge in [-0.3, -0.25) is 10.00 Å². The Kier molecular flexibility index (Phi) is 4.54. The average molecular weight is 304 g/mol. The molecule has 0 aliphatic carbocycles. The van der Waals surface area contributed by atoms with Gasteiger partial charge in [-0.15, -0.1) is 0 Å². The standard InChI is InChI=1S/C15H24N6O/c1-3-12-17-13(19-18-12)10-21-7-4-11(5-8-21)14(22)15-16-6-9-20(15)2/h6,9,11,14,22H,3-5,7-8,10H2,1-2H3,(H,17,18,19). The number of aliphatic hydroxyl groups excluding tert-OH is 1. The molecule has 3 heterocycles. The Balaban J connectivity index is 1.53. The van der Waals surface area contributed by atoms with Crippen molar-refractivity contribution in [3.63, 3.8) is 0 Å². The molecule has 2 aromatic rings. The second kappa shape index (κ2) is 6.58. The summed E-state index contributed by atoms with van der Waals surface area (Å²) in [5, 5.41) is 17.7. The number of hydrogen-bond donors (Lipinski definition) is 2. The lowest BCUT2D eigenvalue weighted by Gasteiger charge is -2.33. The highest BCUT2D eigenvalue weighted by molar-refractivity contribution is 4.99. The fourth-order valence-electron chi connectivity index (χ4n) is 3.08. The van der Waals surface area contributed by atoms with Crippen LogP contribution in [0.15, 0.2) is 12.4 Å². The summed E-state index contributed by atoms with van der Waals surface area (Å²) in [5.41, 5.74) is 0. The first-order valence-corrected chi connectivity index (χ1v) is 7.95. The van der Waals surface area contributed by atoms with Gasteiger partial charge in [0.05, 0.1) is 6.54 Å². The van der Waals surface area contributed by atoms with E-state index in [0.717, 1.165) is 56.4 Å². The number of aromatic nitrogens is 5. The largest absolute Gasteiger partial charge is 0.385 e. The van der Waals surface area contributed by atoms with Crippen LogP contribution in [0.4, 0.5) is 0 Å². The van der Waals surface area contributed by atoms with Crippen molar-refractivity contribution in [2.24, 2.45) is 13.0 Å². The second-order valence-electron chi connectivity index (χ2n) is 6.01. The predicted molar refractivity (Wildman–Crippen MR) is 81.9 cm³/mol. The van der Waals surface area contributed by atoms with E-state index in [1.807, 2.05) is 17.8 Å². The maximum Gasteiger partial charge on any atom is 0.150 e. The fraction of sp³-hybridized carbons (Fsp3) is 0.667. The SMILES string of the molecule is CCc1n[nH]c(CN2CCC(C(O)c3nccn3C)CC2)n1. The first-order chi connectivity index (χ1) is 10.7. The molecule has 0 spiro atoms. The van der Waals surface area contributed by atoms with Gasteiger partial charge in [0.25, 0.3) is 0 Å². The van der Waals surface area contributed by atoms with Crippen molar-refractivity contribution in [3.05, 3.63) is 29.9 Å². The molecule has 1 saturated heterocycles. The summed E-state index contributed by atoms with van der Waals surface area (Å²) in [5.74, 6) is 2.84. The van der Waals surface area contributed by atoms with E-state index in [9.17, 15) is 5.11 Å². The molecule has 7 heteroatoms. The summed E-state index contributed by atoms with van der Waals surface area (Å²) in [4.78, 5) is 11.1. The van der Waals surface area contributed by atoms with Crippen LogP contribution in [-0.4, -0.2) is 47.8 Å². The third-order valence-electron chi connectivity index (χ3n) is 4.47. The van der Waals surface area contributed by atoms with E-state index in [2.05, 4.69) is 32.0 Å². The third-order valence-corrected chi connectivity index (χ3v) is 4.47. The lowest BCUT2D eigenvalue weighted by Crippen LogP contribution is -2.36. The van der Waals surface area contributed by atoms with Crippen LogP contribution in [0.2, 0.25) is 0 Å². The number of rotatable bonds is 5. The van der Waals surface area contributed by atoms with Crippen LogP contribution >= 0.6 is 0 Å². The molecule has 0 amide bonds. The Morgan fingerprint density at radius 2 is 2.18 bits per heavy atom. The number of aliphatic hydroxyl groups is 1. The molecule has 0 saturated carbocycles. The van der Waals surface area contributed by atoms with E-state index >= 15 is 0 Å². The third kappa shape index (κ3) is 3.20. The first-order valence-electron chi connectivity index (χ1n) is 7.95. The van der Waals surface area contributed by atoms with Gasteiger partial charge in [0.2, 0.25) is 0 Å². The van der Waals surface area contributed by atoms with Crippen molar-refractivity contribution >= 4 is 0 Å². The lowest BCUT2D eigenvalue weighted by molar-refractivity contribution is 0.0486. The van der Waals surface area contributed by atoms with Crippen LogP contribution in [0.5, 0.6) is 0 Å². The highest BCUT2D eigenvalue weighted by Crippen LogP contribution is 2.29. The van der Waals surface area contributed by atoms with Gasteiger partial charge in [0, 0.05) is 25.9 Å². The minimum Gasteiger partial charge on any atom is -0.385 e. The molecule has 0 bridgehead atoms. The number of piperidine rings is 1. The first kappa shape index (κ1) is 15.2. The van der Waals surface area contributed by atoms with Gasteiger partial charge in [0.15, 0.2) is 0 Å². The molecule has 1 unspecified atom stereocenters. The number of nitrogens with one attached hydrogen (secondary N) is 1. The molecule has 1 aliphatic heterocycles. The Labute approximate surface area is 130 Å². The maximum atomic E-state index is 10.5. The van der Waals surface area contributed by atoms with Gasteiger partial charge in [-0.25, -0.2) is 9.97 Å². The molecule has 7 nitrogen and oxygen atoms in total. The van der Waals surface area contributed by atoms with Crippen LogP contribution in [-0.2, 0) is 20.0 Å². The van der Waals surface area contributed by atoms with Crippen molar-refractivity contribution in [3.8, 4) is 0 Å². The van der Waals surface area contributed by atoms with Gasteiger partial charge >= 0.3 is 0 Å². The molecule has 1 atom stereocenters. The number of likely N-dealkylation sites (tertiary alicyclic amines) is 1. The summed E-state index contributed by atoms with van der Waals surface area (Å²) < 4.78 is 1.90. The number of aryl methyl sites for hydroxylation is 2. The number of hydrogen-bond acceptors (Lipinski definition) is 5. The van der Waals surface area contributed by atoms with Gasteiger partial charge in [-0.2, -0.15) is 5.10 Å². The molecule has 1 fully saturated rings. The molecule has 0 radical (unpaired) electrons. The zero-order chi connectivity index (χ0) is 15.5. The Morgan fingerprint density at radius 1 is 1.41 bits per heavy atom. The molecule has 2 aromatic heterocycles. The zero-order valence-electron chi connectivity index (χ0n) is 13.2. The van der Waals surface area contributed by atoms with Crippen molar-refractivity contribution in [1.82, 2.24) is 29.6 Å². The highest BCUT2D eigenvalue weighted by Gasteiger charge is 2.28. The minimum atomic E-state index is -0.473. The molecular weight excluding hydrogens is 280 g/mol. The van der Waals surface area contributed by atoms with Crippen molar-refractivity contribution in [2.45, 2.75) is 38.8 Å². The molecule has 22 heavy (non-hydrogen) atoms. The topological polar surface area (TPSA) is 82.9 Å². The van der Waals surface area contributed by atoms with Crippen LogP contribution in [0.1, 0.15) is 43.3 Å². The monoisotopic (exact) mass is 304 g/mol. The second-order valence-corrected chi connectivity index (χ2v) is 6.01. The molecule has 120 valence electrons. The van der Waals surface area contributed by atoms with E-state index in [1.165, 1.54) is 0 Å². The summed E-state index contributed by atoms with van der Waals surface area (Å²) >= 11 is 0.